The molecule has 0 saturated carbocycles. The van der Waals surface area contributed by atoms with Crippen molar-refractivity contribution >= 4 is 63.1 Å². The van der Waals surface area contributed by atoms with Gasteiger partial charge in [-0.05, 0) is 54.1 Å². The maximum atomic E-state index is 13.2. The van der Waals surface area contributed by atoms with E-state index >= 15 is 0 Å². The van der Waals surface area contributed by atoms with E-state index < -0.39 is 0 Å². The number of amides is 2. The number of hydrogen-bond donors (Lipinski definition) is 1. The average Bonchev–Trinajstić information content (AvgIpc) is 3.07. The van der Waals surface area contributed by atoms with Crippen LogP contribution in [-0.2, 0) is 13.6 Å². The fraction of sp³-hybridized carbons (Fsp3) is 0.100. The standard InChI is InChI=1S/C20H15Cl3N6O/c1-28-10-12-8-15(4-7-17(12)27-28)25-20(30)29(16-5-2-14(21)3-6-16)11-13-9-24-19(23)26-18(13)22/h2-10H,11H2,1H3,(H,25,30). The summed E-state index contributed by atoms with van der Waals surface area (Å²) in [5.41, 5.74) is 2.66. The number of nitrogens with one attached hydrogen (secondary N) is 1. The van der Waals surface area contributed by atoms with Gasteiger partial charge in [0, 0.05) is 46.8 Å². The molecule has 0 atom stereocenters. The van der Waals surface area contributed by atoms with Crippen LogP contribution in [0.25, 0.3) is 10.9 Å². The van der Waals surface area contributed by atoms with Crippen LogP contribution in [0.15, 0.2) is 54.9 Å². The van der Waals surface area contributed by atoms with Gasteiger partial charge in [0.1, 0.15) is 5.15 Å². The third kappa shape index (κ3) is 4.48. The van der Waals surface area contributed by atoms with Crippen LogP contribution < -0.4 is 10.2 Å². The van der Waals surface area contributed by atoms with Crippen molar-refractivity contribution < 1.29 is 4.79 Å². The number of nitrogens with zero attached hydrogens (tertiary/aromatic N) is 5. The van der Waals surface area contributed by atoms with Crippen LogP contribution >= 0.6 is 34.8 Å². The molecule has 0 unspecified atom stereocenters. The summed E-state index contributed by atoms with van der Waals surface area (Å²) in [6.45, 7) is 0.138. The fourth-order valence-corrected chi connectivity index (χ4v) is 3.45. The molecule has 0 aliphatic rings. The lowest BCUT2D eigenvalue weighted by Crippen LogP contribution is -2.34. The number of anilines is 2. The van der Waals surface area contributed by atoms with Gasteiger partial charge in [0.15, 0.2) is 0 Å². The highest BCUT2D eigenvalue weighted by Gasteiger charge is 2.19. The molecule has 0 bridgehead atoms. The van der Waals surface area contributed by atoms with Gasteiger partial charge in [-0.1, -0.05) is 23.2 Å². The molecule has 152 valence electrons. The molecule has 2 aromatic carbocycles. The van der Waals surface area contributed by atoms with E-state index in [1.165, 1.54) is 11.1 Å². The SMILES string of the molecule is Cn1cc2cc(NC(=O)N(Cc3cnc(Cl)nc3Cl)c3ccc(Cl)cc3)ccc2n1. The molecule has 7 nitrogen and oxygen atoms in total. The summed E-state index contributed by atoms with van der Waals surface area (Å²) in [4.78, 5) is 22.6. The van der Waals surface area contributed by atoms with Gasteiger partial charge < -0.3 is 5.32 Å². The highest BCUT2D eigenvalue weighted by Crippen LogP contribution is 2.25. The first-order chi connectivity index (χ1) is 14.4. The highest BCUT2D eigenvalue weighted by atomic mass is 35.5. The van der Waals surface area contributed by atoms with Gasteiger partial charge in [-0.3, -0.25) is 9.58 Å². The van der Waals surface area contributed by atoms with Gasteiger partial charge in [-0.15, -0.1) is 0 Å². The number of fused-ring (bicyclic) bond motifs is 1. The van der Waals surface area contributed by atoms with Crippen molar-refractivity contribution in [3.05, 3.63) is 75.9 Å². The smallest absolute Gasteiger partial charge is 0.308 e. The largest absolute Gasteiger partial charge is 0.326 e. The molecular formula is C20H15Cl3N6O. The molecular weight excluding hydrogens is 447 g/mol. The Hall–Kier alpha value is -2.87. The van der Waals surface area contributed by atoms with E-state index in [1.807, 2.05) is 25.4 Å². The van der Waals surface area contributed by atoms with Crippen molar-refractivity contribution in [1.82, 2.24) is 19.7 Å². The lowest BCUT2D eigenvalue weighted by atomic mass is 10.2. The second kappa shape index (κ2) is 8.47. The number of rotatable bonds is 4. The zero-order chi connectivity index (χ0) is 21.3. The second-order valence-electron chi connectivity index (χ2n) is 6.52. The van der Waals surface area contributed by atoms with E-state index in [9.17, 15) is 4.79 Å². The Morgan fingerprint density at radius 2 is 1.90 bits per heavy atom. The van der Waals surface area contributed by atoms with Gasteiger partial charge >= 0.3 is 6.03 Å². The van der Waals surface area contributed by atoms with Crippen LogP contribution in [0.1, 0.15) is 5.56 Å². The Labute approximate surface area is 187 Å². The van der Waals surface area contributed by atoms with Crippen LogP contribution in [-0.4, -0.2) is 25.8 Å². The summed E-state index contributed by atoms with van der Waals surface area (Å²) >= 11 is 18.0. The Balaban J connectivity index is 1.64. The first-order valence-corrected chi connectivity index (χ1v) is 9.97. The van der Waals surface area contributed by atoms with E-state index in [0.29, 0.717) is 22.0 Å². The van der Waals surface area contributed by atoms with Crippen molar-refractivity contribution in [2.45, 2.75) is 6.54 Å². The molecule has 2 heterocycles. The Kier molecular flexibility index (Phi) is 5.76. The van der Waals surface area contributed by atoms with Crippen LogP contribution in [0.5, 0.6) is 0 Å². The van der Waals surface area contributed by atoms with Gasteiger partial charge in [0.2, 0.25) is 5.28 Å². The quantitative estimate of drug-likeness (QED) is 0.319. The summed E-state index contributed by atoms with van der Waals surface area (Å²) in [5.74, 6) is 0. The van der Waals surface area contributed by atoms with Gasteiger partial charge in [0.05, 0.1) is 12.1 Å². The molecule has 0 fully saturated rings. The fourth-order valence-electron chi connectivity index (χ4n) is 2.96. The molecule has 1 N–H and O–H groups in total. The lowest BCUT2D eigenvalue weighted by molar-refractivity contribution is 0.256. The highest BCUT2D eigenvalue weighted by molar-refractivity contribution is 6.32. The number of aromatic nitrogens is 4. The maximum absolute atomic E-state index is 13.2. The summed E-state index contributed by atoms with van der Waals surface area (Å²) < 4.78 is 1.72. The topological polar surface area (TPSA) is 75.9 Å². The minimum absolute atomic E-state index is 0.0380. The maximum Gasteiger partial charge on any atom is 0.326 e. The first kappa shape index (κ1) is 20.4. The molecule has 4 aromatic rings. The number of carbonyl (C=O) groups is 1. The van der Waals surface area contributed by atoms with Crippen molar-refractivity contribution in [1.29, 1.82) is 0 Å². The Morgan fingerprint density at radius 1 is 1.13 bits per heavy atom. The summed E-state index contributed by atoms with van der Waals surface area (Å²) in [5, 5.41) is 8.95. The monoisotopic (exact) mass is 460 g/mol. The first-order valence-electron chi connectivity index (χ1n) is 8.83. The van der Waals surface area contributed by atoms with Crippen molar-refractivity contribution in [2.75, 3.05) is 10.2 Å². The number of carbonyl (C=O) groups excluding carboxylic acids is 1. The average molecular weight is 462 g/mol. The molecule has 0 radical (unpaired) electrons. The van der Waals surface area contributed by atoms with Crippen LogP contribution in [0.3, 0.4) is 0 Å². The molecule has 10 heteroatoms. The summed E-state index contributed by atoms with van der Waals surface area (Å²) in [6.07, 6.45) is 3.38. The number of urea groups is 1. The molecule has 0 saturated heterocycles. The van der Waals surface area contributed by atoms with E-state index in [2.05, 4.69) is 20.4 Å². The van der Waals surface area contributed by atoms with Crippen molar-refractivity contribution in [2.24, 2.45) is 7.05 Å². The predicted molar refractivity (Wildman–Crippen MR) is 119 cm³/mol. The van der Waals surface area contributed by atoms with Gasteiger partial charge in [-0.25, -0.2) is 14.8 Å². The molecule has 0 aliphatic carbocycles. The van der Waals surface area contributed by atoms with E-state index in [4.69, 9.17) is 34.8 Å². The van der Waals surface area contributed by atoms with Gasteiger partial charge in [-0.2, -0.15) is 5.10 Å². The van der Waals surface area contributed by atoms with Gasteiger partial charge in [0.25, 0.3) is 0 Å². The third-order valence-electron chi connectivity index (χ3n) is 4.36. The normalized spacial score (nSPS) is 10.9. The number of aryl methyl sites for hydroxylation is 1. The minimum atomic E-state index is -0.355. The third-order valence-corrected chi connectivity index (χ3v) is 5.13. The molecule has 30 heavy (non-hydrogen) atoms. The van der Waals surface area contributed by atoms with Crippen LogP contribution in [0.4, 0.5) is 16.2 Å². The zero-order valence-corrected chi connectivity index (χ0v) is 17.9. The molecule has 2 aromatic heterocycles. The van der Waals surface area contributed by atoms with Crippen molar-refractivity contribution in [3.63, 3.8) is 0 Å². The van der Waals surface area contributed by atoms with Crippen molar-refractivity contribution in [3.8, 4) is 0 Å². The lowest BCUT2D eigenvalue weighted by Gasteiger charge is -2.23. The zero-order valence-electron chi connectivity index (χ0n) is 15.7. The van der Waals surface area contributed by atoms with Crippen LogP contribution in [0.2, 0.25) is 15.5 Å². The summed E-state index contributed by atoms with van der Waals surface area (Å²) in [6, 6.07) is 12.1. The number of halogens is 3. The molecule has 2 amide bonds. The van der Waals surface area contributed by atoms with E-state index in [-0.39, 0.29) is 23.0 Å². The Bertz CT molecular complexity index is 1230. The number of benzene rings is 2. The molecule has 4 rings (SSSR count). The number of hydrogen-bond acceptors (Lipinski definition) is 4. The Morgan fingerprint density at radius 3 is 2.63 bits per heavy atom. The minimum Gasteiger partial charge on any atom is -0.308 e. The second-order valence-corrected chi connectivity index (χ2v) is 7.66. The van der Waals surface area contributed by atoms with E-state index in [1.54, 1.807) is 35.0 Å². The summed E-state index contributed by atoms with van der Waals surface area (Å²) in [7, 11) is 1.85. The predicted octanol–water partition coefficient (Wildman–Crippen LogP) is 5.56. The van der Waals surface area contributed by atoms with Crippen LogP contribution in [0, 0.1) is 0 Å². The molecule has 0 aliphatic heterocycles. The molecule has 0 spiro atoms. The van der Waals surface area contributed by atoms with E-state index in [0.717, 1.165) is 10.9 Å².